The van der Waals surface area contributed by atoms with Crippen molar-refractivity contribution in [1.82, 2.24) is 64.5 Å². The molecule has 127 heavy (non-hydrogen) atoms. The molecule has 11 N–H and O–H groups in total. The number of hydrogen-bond donors (Lipinski definition) is 8. The summed E-state index contributed by atoms with van der Waals surface area (Å²) in [6.45, 7) is 21.0. The van der Waals surface area contributed by atoms with Crippen molar-refractivity contribution in [2.24, 2.45) is 29.4 Å². The number of piperidine rings is 1. The van der Waals surface area contributed by atoms with Crippen molar-refractivity contribution in [2.45, 2.75) is 230 Å². The number of carbonyl (C=O) groups excluding carboxylic acids is 7. The van der Waals surface area contributed by atoms with Gasteiger partial charge in [0.1, 0.15) is 53.8 Å². The van der Waals surface area contributed by atoms with Gasteiger partial charge in [0.05, 0.1) is 49.9 Å². The second-order valence-corrected chi connectivity index (χ2v) is 35.5. The van der Waals surface area contributed by atoms with E-state index in [4.69, 9.17) is 50.4 Å². The van der Waals surface area contributed by atoms with E-state index in [2.05, 4.69) is 58.7 Å². The number of rotatable bonds is 22. The Morgan fingerprint density at radius 1 is 0.748 bits per heavy atom. The smallest absolute Gasteiger partial charge is 0.329 e. The van der Waals surface area contributed by atoms with E-state index in [1.165, 1.54) is 6.33 Å². The molecule has 34 heteroatoms. The maximum Gasteiger partial charge on any atom is 0.329 e. The highest BCUT2D eigenvalue weighted by atomic mass is 16.6. The molecule has 34 nitrogen and oxygen atoms in total. The van der Waals surface area contributed by atoms with Crippen LogP contribution < -0.4 is 27.4 Å². The number of nitrogens with two attached hydrogens (primary N) is 3. The fourth-order valence-electron chi connectivity index (χ4n) is 18.5. The van der Waals surface area contributed by atoms with Gasteiger partial charge in [-0.15, -0.1) is 0 Å². The van der Waals surface area contributed by atoms with Crippen LogP contribution in [-0.2, 0) is 83.3 Å². The number of nitrogens with one attached hydrogen (secondary N) is 1. The van der Waals surface area contributed by atoms with E-state index >= 15 is 0 Å². The first-order valence-corrected chi connectivity index (χ1v) is 45.1. The SMILES string of the molecule is C=C(NCc1cnc(N2CCN(C(=O)CCOCCN3CCN(C(=O)CCC(=O)N4CCc5cc(Cn6nc(-c7ccc8oc(N)nc8c7)c7c(N)ncnc76)ccc5C4)CC3)CC2)nc1)O[C@H]1CC[C@H](C[C@@H](N)[C@@H]2C[C@@H](O)[C@H](C)/C=C(\C)[C@@H](O)[C@@H](O)C(=O)[C@H](C)C[C@H](C)/C=C/C=C/C=C(\C)[C@@H](OC)C[C@@H]3CCC[C@@](O)(O3)C(=O)C(=O)N3CCCC[C@H]3C(=O)O2)CC1. The van der Waals surface area contributed by atoms with Gasteiger partial charge in [0, 0.05) is 166 Å². The van der Waals surface area contributed by atoms with Gasteiger partial charge in [-0.2, -0.15) is 10.1 Å². The first-order chi connectivity index (χ1) is 61.0. The van der Waals surface area contributed by atoms with Crippen molar-refractivity contribution in [2.75, 3.05) is 109 Å². The van der Waals surface area contributed by atoms with Crippen molar-refractivity contribution in [1.29, 1.82) is 0 Å². The number of cyclic esters (lactones) is 1. The zero-order valence-electron chi connectivity index (χ0n) is 74.1. The van der Waals surface area contributed by atoms with Gasteiger partial charge in [-0.25, -0.2) is 29.4 Å². The lowest BCUT2D eigenvalue weighted by molar-refractivity contribution is -0.245. The molecular weight excluding hydrogens is 1630 g/mol. The predicted molar refractivity (Wildman–Crippen MR) is 475 cm³/mol. The lowest BCUT2D eigenvalue weighted by atomic mass is 9.81. The number of aromatic nitrogens is 7. The van der Waals surface area contributed by atoms with Gasteiger partial charge in [0.2, 0.25) is 29.5 Å². The van der Waals surface area contributed by atoms with E-state index in [1.54, 1.807) is 52.4 Å². The first kappa shape index (κ1) is 94.2. The molecule has 686 valence electrons. The number of piperazine rings is 2. The van der Waals surface area contributed by atoms with Crippen LogP contribution in [0.3, 0.4) is 0 Å². The second-order valence-electron chi connectivity index (χ2n) is 35.5. The molecule has 1 saturated carbocycles. The van der Waals surface area contributed by atoms with Crippen LogP contribution in [0.4, 0.5) is 17.8 Å². The van der Waals surface area contributed by atoms with E-state index in [0.29, 0.717) is 214 Å². The molecule has 2 aromatic carbocycles. The second kappa shape index (κ2) is 43.6. The summed E-state index contributed by atoms with van der Waals surface area (Å²) >= 11 is 0. The van der Waals surface area contributed by atoms with Gasteiger partial charge in [0.15, 0.2) is 22.9 Å². The third-order valence-corrected chi connectivity index (χ3v) is 26.2. The molecule has 6 aromatic rings. The van der Waals surface area contributed by atoms with Crippen LogP contribution in [-0.4, -0.2) is 274 Å². The quantitative estimate of drug-likeness (QED) is 0.0112. The molecule has 6 aliphatic heterocycles. The van der Waals surface area contributed by atoms with Crippen LogP contribution >= 0.6 is 0 Å². The van der Waals surface area contributed by atoms with E-state index in [1.807, 2.05) is 81.8 Å². The predicted octanol–water partition coefficient (Wildman–Crippen LogP) is 6.94. The Labute approximate surface area is 741 Å². The van der Waals surface area contributed by atoms with Gasteiger partial charge in [-0.1, -0.05) is 75.4 Å². The van der Waals surface area contributed by atoms with Crippen LogP contribution in [0.1, 0.15) is 166 Å². The number of ketones is 2. The van der Waals surface area contributed by atoms with Gasteiger partial charge in [-0.3, -0.25) is 33.7 Å². The number of anilines is 3. The Bertz CT molecular complexity index is 4970. The van der Waals surface area contributed by atoms with Crippen LogP contribution in [0.2, 0.25) is 0 Å². The number of nitrogens with zero attached hydrogens (tertiary/aromatic N) is 13. The number of hydrogen-bond acceptors (Lipinski definition) is 29. The summed E-state index contributed by atoms with van der Waals surface area (Å²) < 4.78 is 37.8. The monoisotopic (exact) mass is 1750 g/mol. The van der Waals surface area contributed by atoms with Crippen molar-refractivity contribution in [3.8, 4) is 11.3 Å². The summed E-state index contributed by atoms with van der Waals surface area (Å²) in [5.41, 5.74) is 27.6. The van der Waals surface area contributed by atoms with E-state index in [0.717, 1.165) is 38.3 Å². The van der Waals surface area contributed by atoms with Crippen LogP contribution in [0.25, 0.3) is 33.4 Å². The topological polar surface area (TPSA) is 452 Å². The number of oxazole rings is 1. The van der Waals surface area contributed by atoms with Gasteiger partial charge in [-0.05, 0) is 155 Å². The molecule has 0 unspecified atom stereocenters. The summed E-state index contributed by atoms with van der Waals surface area (Å²) in [5, 5.41) is 55.2. The molecule has 13 rings (SSSR count). The van der Waals surface area contributed by atoms with Gasteiger partial charge >= 0.3 is 5.97 Å². The molecule has 0 spiro atoms. The molecular formula is C93H127N17O17. The largest absolute Gasteiger partial charge is 0.476 e. The number of amides is 4. The molecule has 5 fully saturated rings. The number of methoxy groups -OCH3 is 1. The summed E-state index contributed by atoms with van der Waals surface area (Å²) in [5.74, 6) is -6.07. The Morgan fingerprint density at radius 2 is 1.48 bits per heavy atom. The Hall–Kier alpha value is -10.4. The van der Waals surface area contributed by atoms with Crippen molar-refractivity contribution in [3.05, 3.63) is 137 Å². The number of aliphatic hydroxyl groups is 4. The highest BCUT2D eigenvalue weighted by Crippen LogP contribution is 2.38. The molecule has 4 aromatic heterocycles. The number of allylic oxidation sites excluding steroid dienone is 5. The lowest BCUT2D eigenvalue weighted by Crippen LogP contribution is -2.58. The van der Waals surface area contributed by atoms with Gasteiger partial charge < -0.3 is 95.5 Å². The highest BCUT2D eigenvalue weighted by Gasteiger charge is 2.50. The zero-order chi connectivity index (χ0) is 90.2. The number of aliphatic hydroxyl groups excluding tert-OH is 3. The summed E-state index contributed by atoms with van der Waals surface area (Å²) in [7, 11) is 1.56. The summed E-state index contributed by atoms with van der Waals surface area (Å²) in [6.07, 6.45) is 16.0. The molecule has 4 amide bonds. The van der Waals surface area contributed by atoms with Crippen LogP contribution in [0, 0.1) is 23.7 Å². The minimum atomic E-state index is -2.44. The first-order valence-electron chi connectivity index (χ1n) is 45.1. The standard InChI is InChI=1S/C93H127N17O17/c1-57-14-9-8-10-15-58(2)76(122-7)49-70-16-13-30-93(121,127-70)86(118)89(119)109-31-12-11-17-73(109)90(120)125-77(50-74(111)59(3)45-61(5)84(116)85(117)83(115)60(4)44-57)71(94)47-63-19-23-69(24-20-63)124-62(6)97-51-65-52-98-92(99-53-65)107-39-37-106(38-40-107)80(114)29-42-123-43-41-104-33-35-105(36-34-104)78(112)26-27-79(113)108-32-28-66-46-64(18-21-68(66)55-108)54-110-88-81(87(95)100-56-101-88)82(103-110)67-22-25-75-72(48-67)102-91(96)126-75/h8-10,14-15,18,21-22,25,45-46,48,52-53,56-57,59-60,63,69-71,73-74,76-77,84-85,97,111,116-117,121H,6,11-13,16-17,19-20,23-24,26-44,47,49-51,54-55,94H2,1-5,7H3,(H2,96,102)(H2,95,100,101)/b10-8+,14-9+,58-15+,61-45+/t57-,59-,60-,63-,69-,70+,71-,73+,74-,76+,77+,84-,85+,93-/m1/s1. The Kier molecular flexibility index (Phi) is 32.3. The van der Waals surface area contributed by atoms with Crippen molar-refractivity contribution >= 4 is 81.1 Å². The van der Waals surface area contributed by atoms with E-state index < -0.39 is 89.8 Å². The zero-order valence-corrected chi connectivity index (χ0v) is 74.1. The molecule has 0 radical (unpaired) electrons. The number of esters is 1. The summed E-state index contributed by atoms with van der Waals surface area (Å²) in [4.78, 5) is 130. The van der Waals surface area contributed by atoms with Crippen molar-refractivity contribution < 1.29 is 82.1 Å². The lowest BCUT2D eigenvalue weighted by Gasteiger charge is -2.40. The maximum absolute atomic E-state index is 14.6. The van der Waals surface area contributed by atoms with Crippen LogP contribution in [0.15, 0.2) is 120 Å². The number of ether oxygens (including phenoxy) is 5. The number of carbonyl (C=O) groups is 7. The van der Waals surface area contributed by atoms with E-state index in [9.17, 15) is 54.0 Å². The van der Waals surface area contributed by atoms with E-state index in [-0.39, 0.29) is 98.7 Å². The Balaban J connectivity index is 0.505. The number of benzene rings is 2. The highest BCUT2D eigenvalue weighted by molar-refractivity contribution is 6.39. The van der Waals surface area contributed by atoms with Gasteiger partial charge in [0.25, 0.3) is 17.7 Å². The summed E-state index contributed by atoms with van der Waals surface area (Å²) in [6, 6.07) is 9.84. The van der Waals surface area contributed by atoms with Crippen LogP contribution in [0.5, 0.6) is 0 Å². The Morgan fingerprint density at radius 3 is 2.23 bits per heavy atom. The third kappa shape index (κ3) is 24.3. The maximum atomic E-state index is 14.6. The average molecular weight is 1760 g/mol. The molecule has 7 aliphatic rings. The molecule has 10 heterocycles. The average Bonchev–Trinajstić information content (AvgIpc) is 1.62. The fraction of sp³-hybridized carbons (Fsp3) is 0.581. The minimum Gasteiger partial charge on any atom is -0.476 e. The number of nitrogen functional groups attached to an aromatic ring is 2. The fourth-order valence-corrected chi connectivity index (χ4v) is 18.5. The number of Topliss-reactive ketones (excluding diaryl/α,β-unsaturated/α-hetero) is 2. The molecule has 1 aliphatic carbocycles. The number of fused-ring (bicyclic) bond motifs is 6. The third-order valence-electron chi connectivity index (χ3n) is 26.2. The minimum absolute atomic E-state index is 0.0210. The molecule has 12 atom stereocenters. The van der Waals surface area contributed by atoms with Crippen molar-refractivity contribution in [3.63, 3.8) is 0 Å². The normalized spacial score (nSPS) is 27.9. The molecule has 4 saturated heterocycles. The molecule has 2 bridgehead atoms.